The molecule has 56 heavy (non-hydrogen) atoms. The molecule has 0 saturated heterocycles. The van der Waals surface area contributed by atoms with Crippen LogP contribution in [0.3, 0.4) is 0 Å². The van der Waals surface area contributed by atoms with Gasteiger partial charge in [-0.25, -0.2) is 9.59 Å². The van der Waals surface area contributed by atoms with Crippen LogP contribution in [0.5, 0.6) is 23.0 Å². The second-order valence-electron chi connectivity index (χ2n) is 12.5. The molecular weight excluding hydrogens is 705 g/mol. The second-order valence-corrected chi connectivity index (χ2v) is 12.5. The van der Waals surface area contributed by atoms with Crippen LogP contribution >= 0.6 is 0 Å². The molecule has 0 aliphatic rings. The van der Waals surface area contributed by atoms with Crippen LogP contribution in [0.15, 0.2) is 183 Å². The van der Waals surface area contributed by atoms with E-state index in [0.717, 1.165) is 45.5 Å². The zero-order chi connectivity index (χ0) is 39.0. The minimum Gasteiger partial charge on any atom is -0.490 e. The second kappa shape index (κ2) is 19.9. The van der Waals surface area contributed by atoms with Crippen molar-refractivity contribution in [2.45, 2.75) is 12.2 Å². The fraction of sp³-hybridized carbons (Fsp3) is 0.125. The van der Waals surface area contributed by atoms with E-state index in [1.54, 1.807) is 0 Å². The van der Waals surface area contributed by atoms with Crippen molar-refractivity contribution in [3.05, 3.63) is 183 Å². The number of carbonyl (C=O) groups is 2. The highest BCUT2D eigenvalue weighted by molar-refractivity contribution is 5.82. The first-order valence-corrected chi connectivity index (χ1v) is 18.2. The summed E-state index contributed by atoms with van der Waals surface area (Å²) in [6.07, 6.45) is 0.791. The Labute approximate surface area is 327 Å². The topological polar surface area (TPSA) is 89.5 Å². The molecular formula is C48H42O8. The number of para-hydroxylation sites is 3. The molecule has 0 spiro atoms. The van der Waals surface area contributed by atoms with Crippen molar-refractivity contribution >= 4 is 11.9 Å². The lowest BCUT2D eigenvalue weighted by Crippen LogP contribution is -2.30. The maximum absolute atomic E-state index is 12.3. The maximum Gasteiger partial charge on any atom is 0.330 e. The zero-order valence-corrected chi connectivity index (χ0v) is 30.8. The standard InChI is InChI=1S/C48H42O8/c1-3-47(49)55-39(32-52-44-24-14-11-21-41(44)35-17-7-5-8-18-35)31-51-38-29-27-37(28-30-38)43-23-13-16-26-46(43)54-34-40(56-48(50)4-2)33-53-45-25-15-12-22-42(45)36-19-9-6-10-20-36/h3-30,39-40H,1-2,31-34H2. The molecule has 0 fully saturated rings. The predicted octanol–water partition coefficient (Wildman–Crippen LogP) is 9.80. The summed E-state index contributed by atoms with van der Waals surface area (Å²) in [5.74, 6) is 1.33. The van der Waals surface area contributed by atoms with Crippen LogP contribution in [0.2, 0.25) is 0 Å². The fourth-order valence-electron chi connectivity index (χ4n) is 5.85. The first-order valence-electron chi connectivity index (χ1n) is 18.2. The van der Waals surface area contributed by atoms with E-state index in [-0.39, 0.29) is 26.4 Å². The molecule has 6 aromatic rings. The first kappa shape index (κ1) is 38.7. The third kappa shape index (κ3) is 10.8. The van der Waals surface area contributed by atoms with Crippen LogP contribution in [0.4, 0.5) is 0 Å². The molecule has 0 radical (unpaired) electrons. The normalized spacial score (nSPS) is 11.6. The molecule has 8 nitrogen and oxygen atoms in total. The molecule has 6 rings (SSSR count). The Bertz CT molecular complexity index is 2200. The van der Waals surface area contributed by atoms with Gasteiger partial charge in [-0.15, -0.1) is 0 Å². The van der Waals surface area contributed by atoms with Crippen molar-refractivity contribution in [2.24, 2.45) is 0 Å². The van der Waals surface area contributed by atoms with Crippen LogP contribution < -0.4 is 18.9 Å². The highest BCUT2D eigenvalue weighted by atomic mass is 16.6. The molecule has 0 N–H and O–H groups in total. The molecule has 2 atom stereocenters. The highest BCUT2D eigenvalue weighted by Crippen LogP contribution is 2.33. The first-order chi connectivity index (χ1) is 27.5. The lowest BCUT2D eigenvalue weighted by molar-refractivity contribution is -0.147. The van der Waals surface area contributed by atoms with Crippen molar-refractivity contribution in [3.8, 4) is 56.4 Å². The van der Waals surface area contributed by atoms with Crippen molar-refractivity contribution in [3.63, 3.8) is 0 Å². The number of benzene rings is 6. The van der Waals surface area contributed by atoms with Gasteiger partial charge < -0.3 is 28.4 Å². The molecule has 0 saturated carbocycles. The summed E-state index contributed by atoms with van der Waals surface area (Å²) in [6.45, 7) is 7.28. The molecule has 8 heteroatoms. The zero-order valence-electron chi connectivity index (χ0n) is 30.8. The average Bonchev–Trinajstić information content (AvgIpc) is 3.26. The van der Waals surface area contributed by atoms with Gasteiger partial charge in [0.2, 0.25) is 0 Å². The Balaban J connectivity index is 1.09. The summed E-state index contributed by atoms with van der Waals surface area (Å²) < 4.78 is 35.9. The fourth-order valence-corrected chi connectivity index (χ4v) is 5.85. The lowest BCUT2D eigenvalue weighted by atomic mass is 10.0. The maximum atomic E-state index is 12.3. The number of carbonyl (C=O) groups excluding carboxylic acids is 2. The summed E-state index contributed by atoms with van der Waals surface area (Å²) in [7, 11) is 0. The quantitative estimate of drug-likeness (QED) is 0.0598. The van der Waals surface area contributed by atoms with E-state index in [9.17, 15) is 9.59 Å². The Morgan fingerprint density at radius 3 is 1.11 bits per heavy atom. The molecule has 0 aliphatic carbocycles. The number of hydrogen-bond donors (Lipinski definition) is 0. The molecule has 0 heterocycles. The van der Waals surface area contributed by atoms with Gasteiger partial charge in [-0.3, -0.25) is 0 Å². The van der Waals surface area contributed by atoms with Crippen LogP contribution in [0.1, 0.15) is 0 Å². The molecule has 0 amide bonds. The largest absolute Gasteiger partial charge is 0.490 e. The van der Waals surface area contributed by atoms with Gasteiger partial charge in [-0.2, -0.15) is 0 Å². The summed E-state index contributed by atoms with van der Waals surface area (Å²) in [4.78, 5) is 24.5. The summed E-state index contributed by atoms with van der Waals surface area (Å²) in [5.41, 5.74) is 5.56. The Morgan fingerprint density at radius 2 is 0.732 bits per heavy atom. The van der Waals surface area contributed by atoms with Crippen LogP contribution in [0, 0.1) is 0 Å². The van der Waals surface area contributed by atoms with Gasteiger partial charge in [0, 0.05) is 28.8 Å². The van der Waals surface area contributed by atoms with E-state index in [4.69, 9.17) is 28.4 Å². The van der Waals surface area contributed by atoms with Crippen molar-refractivity contribution in [1.82, 2.24) is 0 Å². The van der Waals surface area contributed by atoms with Gasteiger partial charge in [0.15, 0.2) is 12.2 Å². The number of ether oxygens (including phenoxy) is 6. The van der Waals surface area contributed by atoms with E-state index < -0.39 is 24.1 Å². The van der Waals surface area contributed by atoms with E-state index in [2.05, 4.69) is 13.2 Å². The third-order valence-corrected chi connectivity index (χ3v) is 8.61. The minimum atomic E-state index is -0.730. The number of hydrogen-bond acceptors (Lipinski definition) is 8. The Kier molecular flexibility index (Phi) is 13.7. The van der Waals surface area contributed by atoms with Gasteiger partial charge in [-0.05, 0) is 47.0 Å². The third-order valence-electron chi connectivity index (χ3n) is 8.61. The number of rotatable bonds is 19. The SMILES string of the molecule is C=CC(=O)OC(COc1ccc(-c2ccccc2OCC(COc2ccccc2-c2ccccc2)OC(=O)C=C)cc1)COc1ccccc1-c1ccccc1. The van der Waals surface area contributed by atoms with Crippen LogP contribution in [-0.2, 0) is 19.1 Å². The monoisotopic (exact) mass is 746 g/mol. The molecule has 2 unspecified atom stereocenters. The molecule has 0 aromatic heterocycles. The molecule has 0 aliphatic heterocycles. The van der Waals surface area contributed by atoms with Gasteiger partial charge >= 0.3 is 11.9 Å². The summed E-state index contributed by atoms with van der Waals surface area (Å²) >= 11 is 0. The molecule has 6 aromatic carbocycles. The number of esters is 2. The minimum absolute atomic E-state index is 0.0357. The van der Waals surface area contributed by atoms with Crippen molar-refractivity contribution < 1.29 is 38.0 Å². The van der Waals surface area contributed by atoms with Crippen molar-refractivity contribution in [2.75, 3.05) is 26.4 Å². The van der Waals surface area contributed by atoms with Gasteiger partial charge in [0.25, 0.3) is 0 Å². The van der Waals surface area contributed by atoms with Gasteiger partial charge in [-0.1, -0.05) is 141 Å². The van der Waals surface area contributed by atoms with E-state index >= 15 is 0 Å². The van der Waals surface area contributed by atoms with Crippen molar-refractivity contribution in [1.29, 1.82) is 0 Å². The Morgan fingerprint density at radius 1 is 0.411 bits per heavy atom. The van der Waals surface area contributed by atoms with E-state index in [1.807, 2.05) is 158 Å². The Hall–Kier alpha value is -7.06. The molecule has 0 bridgehead atoms. The van der Waals surface area contributed by atoms with E-state index in [1.165, 1.54) is 0 Å². The smallest absolute Gasteiger partial charge is 0.330 e. The summed E-state index contributed by atoms with van der Waals surface area (Å²) in [5, 5.41) is 0. The molecule has 282 valence electrons. The average molecular weight is 747 g/mol. The lowest BCUT2D eigenvalue weighted by Gasteiger charge is -2.21. The van der Waals surface area contributed by atoms with Gasteiger partial charge in [0.1, 0.15) is 49.4 Å². The van der Waals surface area contributed by atoms with E-state index in [0.29, 0.717) is 23.0 Å². The predicted molar refractivity (Wildman–Crippen MR) is 218 cm³/mol. The van der Waals surface area contributed by atoms with Gasteiger partial charge in [0.05, 0.1) is 0 Å². The van der Waals surface area contributed by atoms with Crippen LogP contribution in [-0.4, -0.2) is 50.6 Å². The summed E-state index contributed by atoms with van der Waals surface area (Å²) in [6, 6.07) is 50.3. The van der Waals surface area contributed by atoms with Crippen LogP contribution in [0.25, 0.3) is 33.4 Å². The highest BCUT2D eigenvalue weighted by Gasteiger charge is 2.19.